The lowest BCUT2D eigenvalue weighted by molar-refractivity contribution is -0.107. The van der Waals surface area contributed by atoms with Gasteiger partial charge in [-0.25, -0.2) is 0 Å². The van der Waals surface area contributed by atoms with Gasteiger partial charge in [-0.3, -0.25) is 4.79 Å². The number of hydrogen-bond donors (Lipinski definition) is 0. The van der Waals surface area contributed by atoms with Gasteiger partial charge in [-0.05, 0) is 12.3 Å². The molecular formula is C12H22OSi. The molecule has 0 aromatic rings. The highest BCUT2D eigenvalue weighted by Gasteiger charge is 2.21. The Morgan fingerprint density at radius 3 is 2.29 bits per heavy atom. The number of unbranched alkanes of at least 4 members (excludes halogenated alkanes) is 4. The Labute approximate surface area is 89.3 Å². The Hall–Kier alpha value is -0.553. The van der Waals surface area contributed by atoms with Crippen molar-refractivity contribution in [3.63, 3.8) is 0 Å². The number of carbonyl (C=O) groups excluding carboxylic acids is 1. The minimum absolute atomic E-state index is 0.188. The predicted octanol–water partition coefficient (Wildman–Crippen LogP) is 3.41. The van der Waals surface area contributed by atoms with E-state index < -0.39 is 8.07 Å². The Bertz CT molecular complexity index is 227. The second kappa shape index (κ2) is 6.84. The molecule has 1 nitrogen and oxygen atoms in total. The standard InChI is InChI=1S/C12H22OSi/c1-5-6-7-8-9-10-11-12(13)14(2,3)4/h5-9H2,1-4H3. The van der Waals surface area contributed by atoms with Gasteiger partial charge in [0.1, 0.15) is 8.07 Å². The summed E-state index contributed by atoms with van der Waals surface area (Å²) in [5, 5.41) is 0.188. The summed E-state index contributed by atoms with van der Waals surface area (Å²) < 4.78 is 0. The van der Waals surface area contributed by atoms with Crippen LogP contribution in [0.4, 0.5) is 0 Å². The highest BCUT2D eigenvalue weighted by Crippen LogP contribution is 2.03. The van der Waals surface area contributed by atoms with E-state index in [2.05, 4.69) is 18.8 Å². The fourth-order valence-electron chi connectivity index (χ4n) is 0.970. The molecule has 0 aliphatic carbocycles. The summed E-state index contributed by atoms with van der Waals surface area (Å²) in [4.78, 5) is 11.4. The second-order valence-electron chi connectivity index (χ2n) is 4.69. The summed E-state index contributed by atoms with van der Waals surface area (Å²) in [5.41, 5.74) is 0. The lowest BCUT2D eigenvalue weighted by Crippen LogP contribution is -2.31. The third-order valence-electron chi connectivity index (χ3n) is 2.04. The average Bonchev–Trinajstić information content (AvgIpc) is 2.09. The maximum absolute atomic E-state index is 11.4. The van der Waals surface area contributed by atoms with Gasteiger partial charge in [-0.15, -0.1) is 0 Å². The molecule has 2 heteroatoms. The molecule has 0 unspecified atom stereocenters. The van der Waals surface area contributed by atoms with Crippen LogP contribution in [0.2, 0.25) is 19.6 Å². The molecule has 14 heavy (non-hydrogen) atoms. The van der Waals surface area contributed by atoms with Crippen molar-refractivity contribution in [1.29, 1.82) is 0 Å². The Morgan fingerprint density at radius 1 is 1.14 bits per heavy atom. The molecule has 0 aromatic carbocycles. The van der Waals surface area contributed by atoms with Crippen molar-refractivity contribution in [3.05, 3.63) is 0 Å². The molecule has 0 radical (unpaired) electrons. The van der Waals surface area contributed by atoms with Crippen LogP contribution in [-0.4, -0.2) is 13.5 Å². The maximum atomic E-state index is 11.4. The van der Waals surface area contributed by atoms with Gasteiger partial charge in [0, 0.05) is 6.42 Å². The Balaban J connectivity index is 3.68. The summed E-state index contributed by atoms with van der Waals surface area (Å²) in [7, 11) is -1.65. The van der Waals surface area contributed by atoms with E-state index in [1.54, 1.807) is 0 Å². The van der Waals surface area contributed by atoms with Crippen LogP contribution >= 0.6 is 0 Å². The molecular weight excluding hydrogens is 188 g/mol. The van der Waals surface area contributed by atoms with E-state index in [0.717, 1.165) is 12.8 Å². The monoisotopic (exact) mass is 210 g/mol. The van der Waals surface area contributed by atoms with Gasteiger partial charge in [-0.2, -0.15) is 0 Å². The zero-order valence-electron chi connectivity index (χ0n) is 9.94. The average molecular weight is 210 g/mol. The van der Waals surface area contributed by atoms with Crippen LogP contribution in [0.15, 0.2) is 0 Å². The molecule has 0 saturated carbocycles. The molecule has 0 saturated heterocycles. The smallest absolute Gasteiger partial charge is 0.180 e. The van der Waals surface area contributed by atoms with Crippen molar-refractivity contribution in [3.8, 4) is 11.8 Å². The SMILES string of the molecule is CCCCCCC#CC(=O)[Si](C)(C)C. The van der Waals surface area contributed by atoms with E-state index in [1.165, 1.54) is 19.3 Å². The van der Waals surface area contributed by atoms with Crippen molar-refractivity contribution in [2.24, 2.45) is 0 Å². The molecule has 0 heterocycles. The molecule has 0 fully saturated rings. The zero-order valence-corrected chi connectivity index (χ0v) is 10.9. The molecule has 0 N–H and O–H groups in total. The lowest BCUT2D eigenvalue weighted by atomic mass is 10.2. The van der Waals surface area contributed by atoms with Crippen molar-refractivity contribution in [1.82, 2.24) is 0 Å². The van der Waals surface area contributed by atoms with Gasteiger partial charge in [0.25, 0.3) is 0 Å². The number of carbonyl (C=O) groups is 1. The lowest BCUT2D eigenvalue weighted by Gasteiger charge is -2.07. The van der Waals surface area contributed by atoms with Crippen LogP contribution in [0.1, 0.15) is 39.0 Å². The largest absolute Gasteiger partial charge is 0.291 e. The third kappa shape index (κ3) is 6.91. The molecule has 0 aliphatic heterocycles. The molecule has 0 atom stereocenters. The quantitative estimate of drug-likeness (QED) is 0.386. The van der Waals surface area contributed by atoms with Gasteiger partial charge in [0.15, 0.2) is 5.41 Å². The second-order valence-corrected chi connectivity index (χ2v) is 9.65. The first-order chi connectivity index (χ1) is 6.48. The summed E-state index contributed by atoms with van der Waals surface area (Å²) in [6.45, 7) is 8.32. The van der Waals surface area contributed by atoms with Crippen LogP contribution in [0.3, 0.4) is 0 Å². The van der Waals surface area contributed by atoms with Crippen LogP contribution in [0, 0.1) is 11.8 Å². The summed E-state index contributed by atoms with van der Waals surface area (Å²) in [6, 6.07) is 0. The summed E-state index contributed by atoms with van der Waals surface area (Å²) in [5.74, 6) is 5.76. The van der Waals surface area contributed by atoms with E-state index in [-0.39, 0.29) is 5.41 Å². The van der Waals surface area contributed by atoms with Gasteiger partial charge < -0.3 is 0 Å². The molecule has 0 spiro atoms. The number of rotatable bonds is 5. The normalized spacial score (nSPS) is 10.6. The first-order valence-electron chi connectivity index (χ1n) is 5.51. The summed E-state index contributed by atoms with van der Waals surface area (Å²) in [6.07, 6.45) is 5.80. The zero-order chi connectivity index (χ0) is 11.0. The van der Waals surface area contributed by atoms with Gasteiger partial charge >= 0.3 is 0 Å². The van der Waals surface area contributed by atoms with Crippen LogP contribution in [0.5, 0.6) is 0 Å². The number of hydrogen-bond acceptors (Lipinski definition) is 1. The van der Waals surface area contributed by atoms with Crippen LogP contribution in [-0.2, 0) is 4.79 Å². The highest BCUT2D eigenvalue weighted by molar-refractivity contribution is 7.05. The maximum Gasteiger partial charge on any atom is 0.180 e. The fourth-order valence-corrected chi connectivity index (χ4v) is 1.43. The summed E-state index contributed by atoms with van der Waals surface area (Å²) >= 11 is 0. The van der Waals surface area contributed by atoms with Gasteiger partial charge in [0.05, 0.1) is 0 Å². The Kier molecular flexibility index (Phi) is 6.57. The van der Waals surface area contributed by atoms with Crippen molar-refractivity contribution in [2.45, 2.75) is 58.7 Å². The molecule has 0 bridgehead atoms. The topological polar surface area (TPSA) is 17.1 Å². The van der Waals surface area contributed by atoms with E-state index in [1.807, 2.05) is 19.6 Å². The van der Waals surface area contributed by atoms with E-state index in [0.29, 0.717) is 0 Å². The third-order valence-corrected chi connectivity index (χ3v) is 3.53. The van der Waals surface area contributed by atoms with Gasteiger partial charge in [0.2, 0.25) is 0 Å². The highest BCUT2D eigenvalue weighted by atomic mass is 28.3. The van der Waals surface area contributed by atoms with Crippen LogP contribution < -0.4 is 0 Å². The van der Waals surface area contributed by atoms with Crippen molar-refractivity contribution in [2.75, 3.05) is 0 Å². The van der Waals surface area contributed by atoms with Crippen LogP contribution in [0.25, 0.3) is 0 Å². The first-order valence-corrected chi connectivity index (χ1v) is 9.01. The molecule has 0 aromatic heterocycles. The fraction of sp³-hybridized carbons (Fsp3) is 0.750. The minimum atomic E-state index is -1.65. The molecule has 0 amide bonds. The first kappa shape index (κ1) is 13.4. The molecule has 80 valence electrons. The van der Waals surface area contributed by atoms with E-state index in [9.17, 15) is 4.79 Å². The van der Waals surface area contributed by atoms with Crippen molar-refractivity contribution < 1.29 is 4.79 Å². The Morgan fingerprint density at radius 2 is 1.79 bits per heavy atom. The minimum Gasteiger partial charge on any atom is -0.291 e. The van der Waals surface area contributed by atoms with Crippen molar-refractivity contribution >= 4 is 13.5 Å². The van der Waals surface area contributed by atoms with Gasteiger partial charge in [-0.1, -0.05) is 51.7 Å². The molecule has 0 aliphatic rings. The predicted molar refractivity (Wildman–Crippen MR) is 64.9 cm³/mol. The van der Waals surface area contributed by atoms with E-state index >= 15 is 0 Å². The van der Waals surface area contributed by atoms with E-state index in [4.69, 9.17) is 0 Å². The molecule has 0 rings (SSSR count).